The van der Waals surface area contributed by atoms with E-state index in [2.05, 4.69) is 0 Å². The third kappa shape index (κ3) is 1.93. The van der Waals surface area contributed by atoms with Crippen LogP contribution in [0.3, 0.4) is 0 Å². The third-order valence-electron chi connectivity index (χ3n) is 7.02. The van der Waals surface area contributed by atoms with E-state index in [1.165, 1.54) is 0 Å². The van der Waals surface area contributed by atoms with Gasteiger partial charge in [0.25, 0.3) is 0 Å². The summed E-state index contributed by atoms with van der Waals surface area (Å²) in [6, 6.07) is 14.1. The van der Waals surface area contributed by atoms with Crippen molar-refractivity contribution < 1.29 is 30.6 Å². The van der Waals surface area contributed by atoms with Gasteiger partial charge in [-0.05, 0) is 36.1 Å². The van der Waals surface area contributed by atoms with Crippen molar-refractivity contribution in [3.63, 3.8) is 0 Å². The van der Waals surface area contributed by atoms with Crippen LogP contribution in [0.5, 0.6) is 0 Å². The molecule has 4 rings (SSSR count). The smallest absolute Gasteiger partial charge is 0.138 e. The van der Waals surface area contributed by atoms with Crippen molar-refractivity contribution >= 4 is 0 Å². The summed E-state index contributed by atoms with van der Waals surface area (Å²) in [6.45, 7) is 2.79. The average molecular weight is 386 g/mol. The highest BCUT2D eigenvalue weighted by molar-refractivity contribution is 5.57. The Morgan fingerprint density at radius 1 is 0.893 bits per heavy atom. The van der Waals surface area contributed by atoms with Gasteiger partial charge < -0.3 is 30.6 Å². The molecular formula is C22H26O6. The molecule has 6 heteroatoms. The minimum atomic E-state index is -2.24. The van der Waals surface area contributed by atoms with E-state index >= 15 is 0 Å². The minimum Gasteiger partial charge on any atom is -0.394 e. The number of benzene rings is 2. The van der Waals surface area contributed by atoms with Gasteiger partial charge in [-0.1, -0.05) is 48.5 Å². The summed E-state index contributed by atoms with van der Waals surface area (Å²) in [6.07, 6.45) is -3.06. The van der Waals surface area contributed by atoms with Crippen molar-refractivity contribution in [2.75, 3.05) is 6.61 Å². The van der Waals surface area contributed by atoms with Gasteiger partial charge in [-0.3, -0.25) is 0 Å². The van der Waals surface area contributed by atoms with Crippen molar-refractivity contribution in [2.24, 2.45) is 0 Å². The maximum atomic E-state index is 11.5. The molecule has 0 aromatic heterocycles. The highest BCUT2D eigenvalue weighted by Gasteiger charge is 2.93. The van der Waals surface area contributed by atoms with Crippen molar-refractivity contribution in [3.05, 3.63) is 70.8 Å². The number of hydrogen-bond acceptors (Lipinski definition) is 6. The number of rotatable bonds is 4. The maximum Gasteiger partial charge on any atom is 0.138 e. The Bertz CT molecular complexity index is 913. The van der Waals surface area contributed by atoms with Gasteiger partial charge in [0, 0.05) is 5.92 Å². The molecule has 3 unspecified atom stereocenters. The molecule has 0 aliphatic heterocycles. The van der Waals surface area contributed by atoms with Crippen molar-refractivity contribution in [3.8, 4) is 0 Å². The molecule has 150 valence electrons. The molecule has 7 atom stereocenters. The first-order valence-electron chi connectivity index (χ1n) is 9.42. The maximum absolute atomic E-state index is 11.5. The molecule has 0 saturated heterocycles. The molecule has 2 saturated carbocycles. The van der Waals surface area contributed by atoms with Crippen LogP contribution in [0.2, 0.25) is 0 Å². The standard InChI is InChI=1S/C22H26O6/c1-12-7-3-5-9-14(12)17-19(25)21(27)18(15-10-6-4-8-13(15)2)20(26,16(24)11-23)22(17,21)28/h3-10,16-19,23-28H,11H2,1-2H3/t16-,17?,18?,19?,20+,21+,22+/m1/s1. The lowest BCUT2D eigenvalue weighted by molar-refractivity contribution is -0.459. The van der Waals surface area contributed by atoms with E-state index in [0.29, 0.717) is 11.1 Å². The van der Waals surface area contributed by atoms with Gasteiger partial charge in [0.2, 0.25) is 0 Å². The summed E-state index contributed by atoms with van der Waals surface area (Å²) in [7, 11) is 0. The largest absolute Gasteiger partial charge is 0.394 e. The Hall–Kier alpha value is -1.80. The van der Waals surface area contributed by atoms with E-state index in [4.69, 9.17) is 0 Å². The summed E-state index contributed by atoms with van der Waals surface area (Å²) in [5.74, 6) is -2.17. The van der Waals surface area contributed by atoms with Crippen LogP contribution < -0.4 is 0 Å². The van der Waals surface area contributed by atoms with Crippen LogP contribution in [0.15, 0.2) is 48.5 Å². The molecule has 2 aromatic rings. The van der Waals surface area contributed by atoms with Crippen molar-refractivity contribution in [1.82, 2.24) is 0 Å². The van der Waals surface area contributed by atoms with Crippen LogP contribution in [-0.4, -0.2) is 66.3 Å². The molecule has 0 amide bonds. The second-order valence-electron chi connectivity index (χ2n) is 8.18. The first-order valence-corrected chi connectivity index (χ1v) is 9.42. The van der Waals surface area contributed by atoms with E-state index in [1.54, 1.807) is 43.3 Å². The zero-order chi connectivity index (χ0) is 20.5. The fourth-order valence-corrected chi connectivity index (χ4v) is 5.60. The van der Waals surface area contributed by atoms with Crippen LogP contribution in [0.4, 0.5) is 0 Å². The molecule has 28 heavy (non-hydrogen) atoms. The van der Waals surface area contributed by atoms with Gasteiger partial charge in [-0.2, -0.15) is 0 Å². The third-order valence-corrected chi connectivity index (χ3v) is 7.02. The summed E-state index contributed by atoms with van der Waals surface area (Å²) < 4.78 is 0. The lowest BCUT2D eigenvalue weighted by Gasteiger charge is -2.80. The second kappa shape index (κ2) is 6.10. The van der Waals surface area contributed by atoms with Crippen LogP contribution in [0.1, 0.15) is 34.1 Å². The molecule has 2 aliphatic carbocycles. The summed E-state index contributed by atoms with van der Waals surface area (Å²) in [5.41, 5.74) is -3.92. The van der Waals surface area contributed by atoms with Crippen LogP contribution in [0, 0.1) is 13.8 Å². The lowest BCUT2D eigenvalue weighted by atomic mass is 9.30. The Morgan fingerprint density at radius 3 is 1.89 bits per heavy atom. The Kier molecular flexibility index (Phi) is 4.25. The number of aliphatic hydroxyl groups is 6. The molecule has 2 fully saturated rings. The van der Waals surface area contributed by atoms with Gasteiger partial charge >= 0.3 is 0 Å². The first-order chi connectivity index (χ1) is 13.2. The summed E-state index contributed by atoms with van der Waals surface area (Å²) in [4.78, 5) is 0. The number of hydrogen-bond donors (Lipinski definition) is 6. The highest BCUT2D eigenvalue weighted by Crippen LogP contribution is 2.75. The molecule has 0 radical (unpaired) electrons. The van der Waals surface area contributed by atoms with Crippen LogP contribution in [0.25, 0.3) is 0 Å². The molecule has 2 aliphatic rings. The molecule has 2 aromatic carbocycles. The molecule has 0 heterocycles. The fourth-order valence-electron chi connectivity index (χ4n) is 5.60. The quantitative estimate of drug-likeness (QED) is 0.444. The van der Waals surface area contributed by atoms with Gasteiger partial charge in [-0.15, -0.1) is 0 Å². The van der Waals surface area contributed by atoms with Gasteiger partial charge in [0.1, 0.15) is 22.9 Å². The number of aryl methyl sites for hydroxylation is 2. The van der Waals surface area contributed by atoms with E-state index in [9.17, 15) is 30.6 Å². The topological polar surface area (TPSA) is 121 Å². The van der Waals surface area contributed by atoms with E-state index < -0.39 is 47.5 Å². The van der Waals surface area contributed by atoms with Crippen LogP contribution >= 0.6 is 0 Å². The molecule has 0 bridgehead atoms. The first kappa shape index (κ1) is 19.5. The van der Waals surface area contributed by atoms with Crippen LogP contribution in [-0.2, 0) is 0 Å². The SMILES string of the molecule is Cc1ccccc1C1C(O)[C@@]2(O)C(c3ccccc3C)[C@@](O)([C@H](O)CO)[C@@]12O. The lowest BCUT2D eigenvalue weighted by Crippen LogP contribution is -2.99. The van der Waals surface area contributed by atoms with E-state index in [-0.39, 0.29) is 0 Å². The predicted octanol–water partition coefficient (Wildman–Crippen LogP) is 0.105. The minimum absolute atomic E-state index is 0.506. The molecule has 6 N–H and O–H groups in total. The van der Waals surface area contributed by atoms with E-state index in [0.717, 1.165) is 11.1 Å². The number of aliphatic hydroxyl groups excluding tert-OH is 3. The van der Waals surface area contributed by atoms with Crippen molar-refractivity contribution in [2.45, 2.75) is 54.7 Å². The molecule has 6 nitrogen and oxygen atoms in total. The Labute approximate surface area is 163 Å². The van der Waals surface area contributed by atoms with Gasteiger partial charge in [-0.25, -0.2) is 0 Å². The summed E-state index contributed by atoms with van der Waals surface area (Å²) in [5, 5.41) is 65.6. The van der Waals surface area contributed by atoms with E-state index in [1.807, 2.05) is 19.1 Å². The summed E-state index contributed by atoms with van der Waals surface area (Å²) >= 11 is 0. The zero-order valence-corrected chi connectivity index (χ0v) is 15.8. The highest BCUT2D eigenvalue weighted by atomic mass is 16.5. The number of fused-ring (bicyclic) bond motifs is 1. The van der Waals surface area contributed by atoms with Crippen molar-refractivity contribution in [1.29, 1.82) is 0 Å². The Morgan fingerprint density at radius 2 is 1.39 bits per heavy atom. The normalized spacial score (nSPS) is 40.2. The monoisotopic (exact) mass is 386 g/mol. The van der Waals surface area contributed by atoms with Gasteiger partial charge in [0.05, 0.1) is 18.6 Å². The average Bonchev–Trinajstić information content (AvgIpc) is 2.69. The molecule has 0 spiro atoms. The predicted molar refractivity (Wildman–Crippen MR) is 102 cm³/mol. The van der Waals surface area contributed by atoms with Gasteiger partial charge in [0.15, 0.2) is 0 Å². The fraction of sp³-hybridized carbons (Fsp3) is 0.455. The second-order valence-corrected chi connectivity index (χ2v) is 8.18. The Balaban J connectivity index is 1.90. The zero-order valence-electron chi connectivity index (χ0n) is 15.8. The molecular weight excluding hydrogens is 360 g/mol.